The third kappa shape index (κ3) is 3.93. The minimum Gasteiger partial charge on any atom is -0.465 e. The molecule has 108 valence electrons. The predicted molar refractivity (Wildman–Crippen MR) is 83.3 cm³/mol. The molecule has 1 N–H and O–H groups in total. The van der Waals surface area contributed by atoms with E-state index in [1.54, 1.807) is 11.3 Å². The number of fused-ring (bicyclic) bond motifs is 1. The fourth-order valence-corrected chi connectivity index (χ4v) is 2.78. The molecule has 0 aliphatic carbocycles. The van der Waals surface area contributed by atoms with Gasteiger partial charge in [-0.1, -0.05) is 31.3 Å². The number of anilines is 1. The van der Waals surface area contributed by atoms with Gasteiger partial charge in [0.1, 0.15) is 0 Å². The Hall–Kier alpha value is -1.62. The van der Waals surface area contributed by atoms with E-state index >= 15 is 0 Å². The number of hydrogen-bond acceptors (Lipinski definition) is 5. The summed E-state index contributed by atoms with van der Waals surface area (Å²) in [6.07, 6.45) is 0.317. The summed E-state index contributed by atoms with van der Waals surface area (Å²) in [4.78, 5) is 16.2. The summed E-state index contributed by atoms with van der Waals surface area (Å²) in [5.74, 6) is 0.195. The van der Waals surface area contributed by atoms with Crippen molar-refractivity contribution in [2.24, 2.45) is 5.92 Å². The molecule has 0 saturated heterocycles. The molecule has 2 aromatic rings. The summed E-state index contributed by atoms with van der Waals surface area (Å²) in [5, 5.41) is 4.12. The number of ether oxygens (including phenoxy) is 1. The molecule has 4 nitrogen and oxygen atoms in total. The van der Waals surface area contributed by atoms with Crippen molar-refractivity contribution in [3.8, 4) is 0 Å². The topological polar surface area (TPSA) is 51.2 Å². The fourth-order valence-electron chi connectivity index (χ4n) is 1.78. The summed E-state index contributed by atoms with van der Waals surface area (Å²) in [7, 11) is 0. The molecule has 0 bridgehead atoms. The van der Waals surface area contributed by atoms with Gasteiger partial charge in [-0.25, -0.2) is 4.98 Å². The number of carbonyl (C=O) groups excluding carboxylic acids is 1. The highest BCUT2D eigenvalue weighted by Gasteiger charge is 2.09. The predicted octanol–water partition coefficient (Wildman–Crippen LogP) is 3.47. The lowest BCUT2D eigenvalue weighted by atomic mass is 10.1. The van der Waals surface area contributed by atoms with Crippen LogP contribution in [-0.4, -0.2) is 24.1 Å². The number of thiazole rings is 1. The molecule has 1 aromatic heterocycles. The average Bonchev–Trinajstić information content (AvgIpc) is 2.78. The van der Waals surface area contributed by atoms with Gasteiger partial charge in [-0.15, -0.1) is 0 Å². The molecule has 0 unspecified atom stereocenters. The van der Waals surface area contributed by atoms with E-state index in [0.717, 1.165) is 27.5 Å². The number of nitrogens with zero attached hydrogens (tertiary/aromatic N) is 1. The average molecular weight is 292 g/mol. The molecular weight excluding hydrogens is 272 g/mol. The SMILES string of the molecule is CCNc1nc2ccc(CC(=O)OCC(C)C)cc2s1. The van der Waals surface area contributed by atoms with Gasteiger partial charge < -0.3 is 10.1 Å². The van der Waals surface area contributed by atoms with Crippen LogP contribution in [0, 0.1) is 5.92 Å². The van der Waals surface area contributed by atoms with E-state index in [1.165, 1.54) is 0 Å². The molecule has 0 amide bonds. The Balaban J connectivity index is 2.05. The quantitative estimate of drug-likeness (QED) is 0.828. The van der Waals surface area contributed by atoms with Crippen molar-refractivity contribution in [1.29, 1.82) is 0 Å². The maximum Gasteiger partial charge on any atom is 0.310 e. The number of rotatable bonds is 6. The highest BCUT2D eigenvalue weighted by Crippen LogP contribution is 2.26. The lowest BCUT2D eigenvalue weighted by molar-refractivity contribution is -0.143. The van der Waals surface area contributed by atoms with Gasteiger partial charge in [0.2, 0.25) is 0 Å². The van der Waals surface area contributed by atoms with Crippen molar-refractivity contribution in [1.82, 2.24) is 4.98 Å². The zero-order valence-corrected chi connectivity index (χ0v) is 12.9. The molecule has 5 heteroatoms. The molecule has 0 fully saturated rings. The van der Waals surface area contributed by atoms with Crippen LogP contribution in [0.3, 0.4) is 0 Å². The Labute approximate surface area is 123 Å². The first kappa shape index (κ1) is 14.8. The van der Waals surface area contributed by atoms with Crippen LogP contribution in [0.4, 0.5) is 5.13 Å². The molecule has 0 atom stereocenters. The smallest absolute Gasteiger partial charge is 0.310 e. The lowest BCUT2D eigenvalue weighted by Crippen LogP contribution is -2.12. The second-order valence-electron chi connectivity index (χ2n) is 5.11. The van der Waals surface area contributed by atoms with Crippen LogP contribution in [0.15, 0.2) is 18.2 Å². The standard InChI is InChI=1S/C15H20N2O2S/c1-4-16-15-17-12-6-5-11(7-13(12)20-15)8-14(18)19-9-10(2)3/h5-7,10H,4,8-9H2,1-3H3,(H,16,17). The Morgan fingerprint density at radius 3 is 2.95 bits per heavy atom. The van der Waals surface area contributed by atoms with Crippen LogP contribution in [-0.2, 0) is 16.0 Å². The fraction of sp³-hybridized carbons (Fsp3) is 0.467. The van der Waals surface area contributed by atoms with Gasteiger partial charge in [0, 0.05) is 6.54 Å². The normalized spacial score (nSPS) is 11.0. The highest BCUT2D eigenvalue weighted by molar-refractivity contribution is 7.22. The van der Waals surface area contributed by atoms with Crippen LogP contribution < -0.4 is 5.32 Å². The summed E-state index contributed by atoms with van der Waals surface area (Å²) in [5.41, 5.74) is 1.93. The van der Waals surface area contributed by atoms with Gasteiger partial charge in [0.25, 0.3) is 0 Å². The van der Waals surface area contributed by atoms with Crippen molar-refractivity contribution in [2.75, 3.05) is 18.5 Å². The van der Waals surface area contributed by atoms with Gasteiger partial charge in [-0.3, -0.25) is 4.79 Å². The molecule has 0 saturated carbocycles. The maximum absolute atomic E-state index is 11.7. The molecule has 0 aliphatic heterocycles. The van der Waals surface area contributed by atoms with E-state index in [4.69, 9.17) is 4.74 Å². The third-order valence-electron chi connectivity index (χ3n) is 2.71. The second kappa shape index (κ2) is 6.70. The molecule has 20 heavy (non-hydrogen) atoms. The van der Waals surface area contributed by atoms with Gasteiger partial charge in [0.15, 0.2) is 5.13 Å². The molecule has 0 radical (unpaired) electrons. The van der Waals surface area contributed by atoms with Gasteiger partial charge in [-0.2, -0.15) is 0 Å². The number of carbonyl (C=O) groups is 1. The third-order valence-corrected chi connectivity index (χ3v) is 3.68. The molecule has 1 aromatic carbocycles. The number of benzene rings is 1. The number of aromatic nitrogens is 1. The minimum atomic E-state index is -0.172. The van der Waals surface area contributed by atoms with Crippen LogP contribution in [0.25, 0.3) is 10.2 Å². The summed E-state index contributed by atoms with van der Waals surface area (Å²) < 4.78 is 6.29. The van der Waals surface area contributed by atoms with E-state index in [-0.39, 0.29) is 5.97 Å². The van der Waals surface area contributed by atoms with Crippen LogP contribution in [0.1, 0.15) is 26.3 Å². The Bertz CT molecular complexity index is 593. The largest absolute Gasteiger partial charge is 0.465 e. The number of esters is 1. The van der Waals surface area contributed by atoms with Crippen molar-refractivity contribution in [3.05, 3.63) is 23.8 Å². The van der Waals surface area contributed by atoms with Crippen molar-refractivity contribution >= 4 is 32.7 Å². The van der Waals surface area contributed by atoms with Gasteiger partial charge >= 0.3 is 5.97 Å². The van der Waals surface area contributed by atoms with E-state index in [2.05, 4.69) is 10.3 Å². The van der Waals surface area contributed by atoms with E-state index < -0.39 is 0 Å². The summed E-state index contributed by atoms with van der Waals surface area (Å²) >= 11 is 1.61. The van der Waals surface area contributed by atoms with E-state index in [0.29, 0.717) is 18.9 Å². The van der Waals surface area contributed by atoms with Crippen LogP contribution >= 0.6 is 11.3 Å². The summed E-state index contributed by atoms with van der Waals surface area (Å²) in [6.45, 7) is 7.43. The molecule has 0 spiro atoms. The first-order valence-electron chi connectivity index (χ1n) is 6.87. The monoisotopic (exact) mass is 292 g/mol. The minimum absolute atomic E-state index is 0.172. The van der Waals surface area contributed by atoms with Crippen molar-refractivity contribution in [2.45, 2.75) is 27.2 Å². The Morgan fingerprint density at radius 2 is 2.25 bits per heavy atom. The van der Waals surface area contributed by atoms with Crippen LogP contribution in [0.5, 0.6) is 0 Å². The molecule has 2 rings (SSSR count). The van der Waals surface area contributed by atoms with Crippen LogP contribution in [0.2, 0.25) is 0 Å². The van der Waals surface area contributed by atoms with Crippen molar-refractivity contribution in [3.63, 3.8) is 0 Å². The number of nitrogens with one attached hydrogen (secondary N) is 1. The molecule has 1 heterocycles. The van der Waals surface area contributed by atoms with Crippen molar-refractivity contribution < 1.29 is 9.53 Å². The molecular formula is C15H20N2O2S. The zero-order valence-electron chi connectivity index (χ0n) is 12.1. The Kier molecular flexibility index (Phi) is 4.95. The maximum atomic E-state index is 11.7. The van der Waals surface area contributed by atoms with Gasteiger partial charge in [0.05, 0.1) is 23.2 Å². The lowest BCUT2D eigenvalue weighted by Gasteiger charge is -2.06. The van der Waals surface area contributed by atoms with E-state index in [1.807, 2.05) is 39.0 Å². The summed E-state index contributed by atoms with van der Waals surface area (Å²) in [6, 6.07) is 5.91. The zero-order chi connectivity index (χ0) is 14.5. The number of hydrogen-bond donors (Lipinski definition) is 1. The Morgan fingerprint density at radius 1 is 1.45 bits per heavy atom. The first-order valence-corrected chi connectivity index (χ1v) is 7.69. The second-order valence-corrected chi connectivity index (χ2v) is 6.14. The highest BCUT2D eigenvalue weighted by atomic mass is 32.1. The van der Waals surface area contributed by atoms with Gasteiger partial charge in [-0.05, 0) is 30.5 Å². The van der Waals surface area contributed by atoms with E-state index in [9.17, 15) is 4.79 Å². The molecule has 0 aliphatic rings. The first-order chi connectivity index (χ1) is 9.58.